The summed E-state index contributed by atoms with van der Waals surface area (Å²) in [5, 5.41) is 12.5. The summed E-state index contributed by atoms with van der Waals surface area (Å²) >= 11 is 0. The number of fused-ring (bicyclic) bond motifs is 1. The Labute approximate surface area is 114 Å². The number of rotatable bonds is 3. The second-order valence-corrected chi connectivity index (χ2v) is 5.81. The van der Waals surface area contributed by atoms with E-state index in [0.717, 1.165) is 38.2 Å². The second kappa shape index (κ2) is 5.33. The van der Waals surface area contributed by atoms with Gasteiger partial charge in [-0.3, -0.25) is 0 Å². The zero-order valence-electron chi connectivity index (χ0n) is 11.5. The van der Waals surface area contributed by atoms with Crippen LogP contribution in [0.25, 0.3) is 0 Å². The third kappa shape index (κ3) is 2.39. The van der Waals surface area contributed by atoms with Crippen molar-refractivity contribution in [1.82, 2.24) is 4.90 Å². The van der Waals surface area contributed by atoms with E-state index in [1.165, 1.54) is 17.5 Å². The lowest BCUT2D eigenvalue weighted by Crippen LogP contribution is -2.43. The van der Waals surface area contributed by atoms with Crippen molar-refractivity contribution < 1.29 is 5.21 Å². The average Bonchev–Trinajstić information content (AvgIpc) is 2.44. The molecule has 2 aliphatic rings. The highest BCUT2D eigenvalue weighted by Gasteiger charge is 2.30. The number of hydrogen-bond donors (Lipinski definition) is 1. The van der Waals surface area contributed by atoms with E-state index in [0.29, 0.717) is 11.8 Å². The van der Waals surface area contributed by atoms with Gasteiger partial charge in [-0.2, -0.15) is 0 Å². The van der Waals surface area contributed by atoms with Crippen LogP contribution in [0, 0.1) is 5.92 Å². The Morgan fingerprint density at radius 2 is 2.16 bits per heavy atom. The molecule has 0 aromatic heterocycles. The van der Waals surface area contributed by atoms with Gasteiger partial charge in [0.1, 0.15) is 0 Å². The van der Waals surface area contributed by atoms with E-state index in [9.17, 15) is 0 Å². The van der Waals surface area contributed by atoms with Crippen LogP contribution in [-0.4, -0.2) is 35.5 Å². The van der Waals surface area contributed by atoms with E-state index in [-0.39, 0.29) is 0 Å². The molecule has 3 nitrogen and oxygen atoms in total. The monoisotopic (exact) mass is 258 g/mol. The van der Waals surface area contributed by atoms with Crippen molar-refractivity contribution >= 4 is 5.71 Å². The maximum absolute atomic E-state index is 9.02. The normalized spacial score (nSPS) is 29.0. The smallest absolute Gasteiger partial charge is 0.0627 e. The number of likely N-dealkylation sites (tertiary alicyclic amines) is 1. The van der Waals surface area contributed by atoms with E-state index < -0.39 is 0 Å². The molecular weight excluding hydrogens is 236 g/mol. The van der Waals surface area contributed by atoms with Crippen LogP contribution in [0.4, 0.5) is 0 Å². The molecule has 0 amide bonds. The molecule has 3 rings (SSSR count). The molecule has 2 unspecified atom stereocenters. The summed E-state index contributed by atoms with van der Waals surface area (Å²) in [7, 11) is 0. The fourth-order valence-corrected chi connectivity index (χ4v) is 3.48. The maximum Gasteiger partial charge on any atom is 0.0627 e. The number of hydrogen-bond acceptors (Lipinski definition) is 3. The fraction of sp³-hybridized carbons (Fsp3) is 0.562. The van der Waals surface area contributed by atoms with Crippen molar-refractivity contribution in [2.45, 2.75) is 32.1 Å². The molecule has 1 N–H and O–H groups in total. The van der Waals surface area contributed by atoms with Crippen LogP contribution in [0.2, 0.25) is 0 Å². The number of nitrogens with zero attached hydrogens (tertiary/aromatic N) is 2. The van der Waals surface area contributed by atoms with Crippen LogP contribution >= 0.6 is 0 Å². The fourth-order valence-electron chi connectivity index (χ4n) is 3.48. The Kier molecular flexibility index (Phi) is 3.56. The lowest BCUT2D eigenvalue weighted by atomic mass is 9.77. The molecule has 1 aliphatic heterocycles. The summed E-state index contributed by atoms with van der Waals surface area (Å²) < 4.78 is 0. The summed E-state index contributed by atoms with van der Waals surface area (Å²) in [5.74, 6) is 1.15. The van der Waals surface area contributed by atoms with Gasteiger partial charge in [-0.1, -0.05) is 36.3 Å². The number of piperidine rings is 1. The van der Waals surface area contributed by atoms with Gasteiger partial charge in [0.15, 0.2) is 0 Å². The van der Waals surface area contributed by atoms with E-state index in [1.54, 1.807) is 0 Å². The van der Waals surface area contributed by atoms with Gasteiger partial charge in [0.25, 0.3) is 0 Å². The minimum absolute atomic E-state index is 0.439. The maximum atomic E-state index is 9.02. The van der Waals surface area contributed by atoms with E-state index in [1.807, 2.05) is 0 Å². The number of oxime groups is 1. The van der Waals surface area contributed by atoms with Crippen LogP contribution in [0.15, 0.2) is 29.4 Å². The van der Waals surface area contributed by atoms with Crippen molar-refractivity contribution in [3.8, 4) is 0 Å². The van der Waals surface area contributed by atoms with E-state index in [2.05, 4.69) is 41.2 Å². The third-order valence-corrected chi connectivity index (χ3v) is 4.70. The van der Waals surface area contributed by atoms with Crippen molar-refractivity contribution in [1.29, 1.82) is 0 Å². The molecule has 1 aliphatic carbocycles. The molecule has 1 aromatic carbocycles. The van der Waals surface area contributed by atoms with Gasteiger partial charge in [-0.05, 0) is 24.0 Å². The summed E-state index contributed by atoms with van der Waals surface area (Å²) in [6, 6.07) is 8.79. The number of benzene rings is 1. The summed E-state index contributed by atoms with van der Waals surface area (Å²) in [4.78, 5) is 2.55. The van der Waals surface area contributed by atoms with Crippen molar-refractivity contribution in [3.05, 3.63) is 35.4 Å². The Morgan fingerprint density at radius 1 is 1.32 bits per heavy atom. The van der Waals surface area contributed by atoms with Gasteiger partial charge in [0, 0.05) is 37.9 Å². The Balaban J connectivity index is 1.61. The molecule has 0 spiro atoms. The van der Waals surface area contributed by atoms with E-state index >= 15 is 0 Å². The van der Waals surface area contributed by atoms with Gasteiger partial charge < -0.3 is 10.1 Å². The van der Waals surface area contributed by atoms with Crippen LogP contribution < -0.4 is 0 Å². The van der Waals surface area contributed by atoms with E-state index in [4.69, 9.17) is 5.21 Å². The molecule has 19 heavy (non-hydrogen) atoms. The third-order valence-electron chi connectivity index (χ3n) is 4.70. The zero-order chi connectivity index (χ0) is 13.2. The second-order valence-electron chi connectivity index (χ2n) is 5.81. The lowest BCUT2D eigenvalue weighted by Gasteiger charge is -2.38. The topological polar surface area (TPSA) is 35.8 Å². The Hall–Kier alpha value is -1.35. The molecule has 1 saturated heterocycles. The minimum atomic E-state index is 0.439. The van der Waals surface area contributed by atoms with Gasteiger partial charge in [-0.25, -0.2) is 0 Å². The molecule has 0 radical (unpaired) electrons. The summed E-state index contributed by atoms with van der Waals surface area (Å²) in [5.41, 5.74) is 4.05. The SMILES string of the molecule is CCC1CN(CC2Cc3ccccc32)CC/C1=N\O. The molecule has 0 bridgehead atoms. The lowest BCUT2D eigenvalue weighted by molar-refractivity contribution is 0.210. The predicted molar refractivity (Wildman–Crippen MR) is 76.9 cm³/mol. The molecule has 2 atom stereocenters. The van der Waals surface area contributed by atoms with Crippen LogP contribution in [0.3, 0.4) is 0 Å². The van der Waals surface area contributed by atoms with Crippen LogP contribution in [0.1, 0.15) is 36.8 Å². The predicted octanol–water partition coefficient (Wildman–Crippen LogP) is 2.89. The summed E-state index contributed by atoms with van der Waals surface area (Å²) in [6.45, 7) is 5.42. The van der Waals surface area contributed by atoms with Crippen molar-refractivity contribution in [2.75, 3.05) is 19.6 Å². The molecule has 1 fully saturated rings. The summed E-state index contributed by atoms with van der Waals surface area (Å²) in [6.07, 6.45) is 3.21. The first-order chi connectivity index (χ1) is 9.31. The standard InChI is InChI=1S/C16H22N2O/c1-2-12-10-18(8-7-16(12)17-19)11-14-9-13-5-3-4-6-15(13)14/h3-6,12,14,19H,2,7-11H2,1H3/b17-16+. The highest BCUT2D eigenvalue weighted by molar-refractivity contribution is 5.87. The molecule has 3 heteroatoms. The van der Waals surface area contributed by atoms with Gasteiger partial charge in [0.2, 0.25) is 0 Å². The molecule has 1 heterocycles. The molecule has 0 saturated carbocycles. The quantitative estimate of drug-likeness (QED) is 0.668. The highest BCUT2D eigenvalue weighted by atomic mass is 16.4. The van der Waals surface area contributed by atoms with Gasteiger partial charge in [0.05, 0.1) is 5.71 Å². The van der Waals surface area contributed by atoms with Gasteiger partial charge >= 0.3 is 0 Å². The average molecular weight is 258 g/mol. The first-order valence-electron chi connectivity index (χ1n) is 7.32. The zero-order valence-corrected chi connectivity index (χ0v) is 11.5. The molecular formula is C16H22N2O. The van der Waals surface area contributed by atoms with Gasteiger partial charge in [-0.15, -0.1) is 0 Å². The van der Waals surface area contributed by atoms with Crippen LogP contribution in [-0.2, 0) is 6.42 Å². The minimum Gasteiger partial charge on any atom is -0.411 e. The Bertz CT molecular complexity index is 483. The molecule has 1 aromatic rings. The van der Waals surface area contributed by atoms with Crippen molar-refractivity contribution in [3.63, 3.8) is 0 Å². The van der Waals surface area contributed by atoms with Crippen LogP contribution in [0.5, 0.6) is 0 Å². The first kappa shape index (κ1) is 12.7. The Morgan fingerprint density at radius 3 is 2.89 bits per heavy atom. The van der Waals surface area contributed by atoms with Crippen molar-refractivity contribution in [2.24, 2.45) is 11.1 Å². The largest absolute Gasteiger partial charge is 0.411 e. The highest BCUT2D eigenvalue weighted by Crippen LogP contribution is 2.36. The first-order valence-corrected chi connectivity index (χ1v) is 7.32. The molecule has 102 valence electrons.